The Morgan fingerprint density at radius 1 is 1.09 bits per heavy atom. The van der Waals surface area contributed by atoms with Crippen LogP contribution in [0.3, 0.4) is 0 Å². The van der Waals surface area contributed by atoms with Gasteiger partial charge in [0.25, 0.3) is 5.91 Å². The lowest BCUT2D eigenvalue weighted by Crippen LogP contribution is -2.31. The predicted octanol–water partition coefficient (Wildman–Crippen LogP) is 2.94. The van der Waals surface area contributed by atoms with Crippen molar-refractivity contribution >= 4 is 17.6 Å². The SMILES string of the molecule is Cc1cccc(NC(=O)[C@H](C)OC(=O)COc2ccccc2)c1. The highest BCUT2D eigenvalue weighted by atomic mass is 16.6. The van der Waals surface area contributed by atoms with Crippen LogP contribution in [0.15, 0.2) is 54.6 Å². The van der Waals surface area contributed by atoms with Gasteiger partial charge in [0.1, 0.15) is 5.75 Å². The van der Waals surface area contributed by atoms with Crippen LogP contribution in [0.25, 0.3) is 0 Å². The van der Waals surface area contributed by atoms with E-state index in [1.807, 2.05) is 31.2 Å². The van der Waals surface area contributed by atoms with Crippen molar-refractivity contribution in [3.05, 3.63) is 60.2 Å². The second-order valence-corrected chi connectivity index (χ2v) is 5.09. The van der Waals surface area contributed by atoms with E-state index in [4.69, 9.17) is 9.47 Å². The molecule has 5 heteroatoms. The van der Waals surface area contributed by atoms with E-state index in [2.05, 4.69) is 5.32 Å². The zero-order chi connectivity index (χ0) is 16.7. The first kappa shape index (κ1) is 16.5. The van der Waals surface area contributed by atoms with Crippen LogP contribution in [-0.4, -0.2) is 24.6 Å². The quantitative estimate of drug-likeness (QED) is 0.833. The molecule has 0 unspecified atom stereocenters. The third-order valence-electron chi connectivity index (χ3n) is 3.06. The lowest BCUT2D eigenvalue weighted by atomic mass is 10.2. The summed E-state index contributed by atoms with van der Waals surface area (Å²) in [5.74, 6) is -0.411. The van der Waals surface area contributed by atoms with Gasteiger partial charge in [0, 0.05) is 5.69 Å². The highest BCUT2D eigenvalue weighted by Crippen LogP contribution is 2.11. The van der Waals surface area contributed by atoms with Crippen LogP contribution in [0.1, 0.15) is 12.5 Å². The van der Waals surface area contributed by atoms with E-state index in [-0.39, 0.29) is 12.5 Å². The fourth-order valence-electron chi connectivity index (χ4n) is 1.91. The Balaban J connectivity index is 1.79. The summed E-state index contributed by atoms with van der Waals surface area (Å²) < 4.78 is 10.3. The van der Waals surface area contributed by atoms with Gasteiger partial charge in [-0.2, -0.15) is 0 Å². The first-order valence-electron chi connectivity index (χ1n) is 7.29. The molecule has 5 nitrogen and oxygen atoms in total. The molecule has 0 aromatic heterocycles. The molecule has 2 rings (SSSR count). The molecule has 2 aromatic carbocycles. The monoisotopic (exact) mass is 313 g/mol. The summed E-state index contributed by atoms with van der Waals surface area (Å²) in [6.45, 7) is 3.21. The van der Waals surface area contributed by atoms with Crippen LogP contribution in [0.5, 0.6) is 5.75 Å². The topological polar surface area (TPSA) is 64.6 Å². The largest absolute Gasteiger partial charge is 0.482 e. The molecule has 0 saturated carbocycles. The summed E-state index contributed by atoms with van der Waals surface area (Å²) in [6, 6.07) is 16.3. The number of hydrogen-bond donors (Lipinski definition) is 1. The number of esters is 1. The van der Waals surface area contributed by atoms with E-state index in [1.54, 1.807) is 30.3 Å². The van der Waals surface area contributed by atoms with Gasteiger partial charge in [0.15, 0.2) is 12.7 Å². The minimum atomic E-state index is -0.901. The summed E-state index contributed by atoms with van der Waals surface area (Å²) in [4.78, 5) is 23.7. The average Bonchev–Trinajstić information content (AvgIpc) is 2.54. The van der Waals surface area contributed by atoms with Gasteiger partial charge in [-0.05, 0) is 43.7 Å². The van der Waals surface area contributed by atoms with Crippen molar-refractivity contribution in [2.45, 2.75) is 20.0 Å². The van der Waals surface area contributed by atoms with Crippen molar-refractivity contribution in [1.82, 2.24) is 0 Å². The Morgan fingerprint density at radius 3 is 2.52 bits per heavy atom. The number of benzene rings is 2. The number of nitrogens with one attached hydrogen (secondary N) is 1. The molecule has 23 heavy (non-hydrogen) atoms. The summed E-state index contributed by atoms with van der Waals surface area (Å²) in [5.41, 5.74) is 1.70. The minimum Gasteiger partial charge on any atom is -0.482 e. The van der Waals surface area contributed by atoms with Crippen molar-refractivity contribution in [3.63, 3.8) is 0 Å². The summed E-state index contributed by atoms with van der Waals surface area (Å²) in [7, 11) is 0. The maximum Gasteiger partial charge on any atom is 0.344 e. The maximum atomic E-state index is 12.0. The Hall–Kier alpha value is -2.82. The molecular weight excluding hydrogens is 294 g/mol. The molecule has 0 aliphatic heterocycles. The van der Waals surface area contributed by atoms with E-state index >= 15 is 0 Å². The van der Waals surface area contributed by atoms with E-state index in [0.717, 1.165) is 5.56 Å². The Kier molecular flexibility index (Phi) is 5.74. The van der Waals surface area contributed by atoms with Crippen molar-refractivity contribution < 1.29 is 19.1 Å². The summed E-state index contributed by atoms with van der Waals surface area (Å²) in [5, 5.41) is 2.70. The average molecular weight is 313 g/mol. The number of amides is 1. The minimum absolute atomic E-state index is 0.244. The van der Waals surface area contributed by atoms with Crippen LogP contribution in [0.2, 0.25) is 0 Å². The smallest absolute Gasteiger partial charge is 0.344 e. The fourth-order valence-corrected chi connectivity index (χ4v) is 1.91. The van der Waals surface area contributed by atoms with Crippen LogP contribution < -0.4 is 10.1 Å². The first-order chi connectivity index (χ1) is 11.0. The molecule has 1 amide bonds. The number of aryl methyl sites for hydroxylation is 1. The highest BCUT2D eigenvalue weighted by Gasteiger charge is 2.18. The first-order valence-corrected chi connectivity index (χ1v) is 7.29. The van der Waals surface area contributed by atoms with Crippen LogP contribution in [0.4, 0.5) is 5.69 Å². The van der Waals surface area contributed by atoms with Gasteiger partial charge in [-0.25, -0.2) is 4.79 Å². The van der Waals surface area contributed by atoms with Gasteiger partial charge in [-0.1, -0.05) is 30.3 Å². The normalized spacial score (nSPS) is 11.4. The third-order valence-corrected chi connectivity index (χ3v) is 3.06. The third kappa shape index (κ3) is 5.47. The fraction of sp³-hybridized carbons (Fsp3) is 0.222. The molecule has 1 N–H and O–H groups in total. The van der Waals surface area contributed by atoms with Gasteiger partial charge < -0.3 is 14.8 Å². The summed E-state index contributed by atoms with van der Waals surface area (Å²) >= 11 is 0. The molecule has 2 aromatic rings. The highest BCUT2D eigenvalue weighted by molar-refractivity contribution is 5.95. The summed E-state index contributed by atoms with van der Waals surface area (Å²) in [6.07, 6.45) is -0.901. The molecule has 0 spiro atoms. The Morgan fingerprint density at radius 2 is 1.83 bits per heavy atom. The van der Waals surface area contributed by atoms with Gasteiger partial charge >= 0.3 is 5.97 Å². The molecule has 0 saturated heterocycles. The standard InChI is InChI=1S/C18H19NO4/c1-13-7-6-8-15(11-13)19-18(21)14(2)23-17(20)12-22-16-9-4-3-5-10-16/h3-11,14H,12H2,1-2H3,(H,19,21)/t14-/m0/s1. The van der Waals surface area contributed by atoms with Gasteiger partial charge in [-0.3, -0.25) is 4.79 Å². The lowest BCUT2D eigenvalue weighted by molar-refractivity contribution is -0.155. The van der Waals surface area contributed by atoms with Crippen molar-refractivity contribution in [3.8, 4) is 5.75 Å². The zero-order valence-electron chi connectivity index (χ0n) is 13.1. The van der Waals surface area contributed by atoms with E-state index < -0.39 is 12.1 Å². The number of hydrogen-bond acceptors (Lipinski definition) is 4. The number of ether oxygens (including phenoxy) is 2. The molecular formula is C18H19NO4. The van der Waals surface area contributed by atoms with Crippen LogP contribution in [0, 0.1) is 6.92 Å². The predicted molar refractivity (Wildman–Crippen MR) is 87.3 cm³/mol. The number of carbonyl (C=O) groups excluding carboxylic acids is 2. The molecule has 0 aliphatic carbocycles. The molecule has 0 radical (unpaired) electrons. The second kappa shape index (κ2) is 7.98. The molecule has 0 bridgehead atoms. The van der Waals surface area contributed by atoms with Gasteiger partial charge in [0.2, 0.25) is 0 Å². The number of rotatable bonds is 6. The van der Waals surface area contributed by atoms with E-state index in [0.29, 0.717) is 11.4 Å². The van der Waals surface area contributed by atoms with E-state index in [1.165, 1.54) is 6.92 Å². The molecule has 120 valence electrons. The van der Waals surface area contributed by atoms with Crippen LogP contribution in [-0.2, 0) is 14.3 Å². The van der Waals surface area contributed by atoms with Crippen molar-refractivity contribution in [1.29, 1.82) is 0 Å². The molecule has 0 heterocycles. The van der Waals surface area contributed by atoms with Crippen LogP contribution >= 0.6 is 0 Å². The molecule has 0 aliphatic rings. The second-order valence-electron chi connectivity index (χ2n) is 5.09. The Bertz CT molecular complexity index is 670. The van der Waals surface area contributed by atoms with Gasteiger partial charge in [0.05, 0.1) is 0 Å². The lowest BCUT2D eigenvalue weighted by Gasteiger charge is -2.14. The Labute approximate surface area is 135 Å². The number of carbonyl (C=O) groups is 2. The van der Waals surface area contributed by atoms with Gasteiger partial charge in [-0.15, -0.1) is 0 Å². The molecule has 0 fully saturated rings. The maximum absolute atomic E-state index is 12.0. The van der Waals surface area contributed by atoms with Crippen molar-refractivity contribution in [2.24, 2.45) is 0 Å². The zero-order valence-corrected chi connectivity index (χ0v) is 13.1. The number of anilines is 1. The van der Waals surface area contributed by atoms with E-state index in [9.17, 15) is 9.59 Å². The molecule has 1 atom stereocenters. The van der Waals surface area contributed by atoms with Crippen molar-refractivity contribution in [2.75, 3.05) is 11.9 Å². The number of para-hydroxylation sites is 1.